The molecule has 0 N–H and O–H groups in total. The first-order valence-corrected chi connectivity index (χ1v) is 18.7. The molecule has 0 aliphatic carbocycles. The minimum atomic E-state index is -4.14. The SMILES string of the molecule is Cc1ccc([C@@H]2C[C@H]3[C@@H](CN2S(=O)(=O)c2ccccc2)C(=O)C[C@@H](c2cccc4ccccc24)N3S(=O)(=O)c2ccc(C)cc2)cc1. The Morgan fingerprint density at radius 2 is 1.21 bits per heavy atom. The van der Waals surface area contributed by atoms with Crippen LogP contribution in [0.5, 0.6) is 0 Å². The monoisotopic (exact) mass is 664 g/mol. The molecule has 5 aromatic carbocycles. The smallest absolute Gasteiger partial charge is 0.243 e. The predicted octanol–water partition coefficient (Wildman–Crippen LogP) is 6.98. The number of hydrogen-bond acceptors (Lipinski definition) is 5. The van der Waals surface area contributed by atoms with Gasteiger partial charge in [0.1, 0.15) is 5.78 Å². The van der Waals surface area contributed by atoms with Crippen molar-refractivity contribution in [2.24, 2.45) is 5.92 Å². The van der Waals surface area contributed by atoms with Crippen molar-refractivity contribution in [3.63, 3.8) is 0 Å². The second-order valence-corrected chi connectivity index (χ2v) is 16.4. The van der Waals surface area contributed by atoms with Gasteiger partial charge < -0.3 is 0 Å². The van der Waals surface area contributed by atoms with Crippen molar-refractivity contribution in [3.05, 3.63) is 144 Å². The van der Waals surface area contributed by atoms with Crippen LogP contribution in [-0.2, 0) is 24.8 Å². The van der Waals surface area contributed by atoms with Gasteiger partial charge in [-0.2, -0.15) is 8.61 Å². The Bertz CT molecular complexity index is 2160. The van der Waals surface area contributed by atoms with Crippen LogP contribution >= 0.6 is 0 Å². The third-order valence-corrected chi connectivity index (χ3v) is 13.5. The Morgan fingerprint density at radius 3 is 1.91 bits per heavy atom. The summed E-state index contributed by atoms with van der Waals surface area (Å²) in [6.45, 7) is 3.74. The molecule has 47 heavy (non-hydrogen) atoms. The summed E-state index contributed by atoms with van der Waals surface area (Å²) in [6, 6.07) is 34.0. The molecular weight excluding hydrogens is 629 g/mol. The molecule has 0 spiro atoms. The number of rotatable bonds is 6. The molecule has 7 nitrogen and oxygen atoms in total. The Kier molecular flexibility index (Phi) is 8.12. The highest BCUT2D eigenvalue weighted by atomic mass is 32.2. The van der Waals surface area contributed by atoms with Crippen LogP contribution in [0.2, 0.25) is 0 Å². The largest absolute Gasteiger partial charge is 0.299 e. The Morgan fingerprint density at radius 1 is 0.617 bits per heavy atom. The van der Waals surface area contributed by atoms with E-state index >= 15 is 0 Å². The van der Waals surface area contributed by atoms with Crippen LogP contribution in [-0.4, -0.2) is 43.8 Å². The van der Waals surface area contributed by atoms with E-state index < -0.39 is 44.1 Å². The normalized spacial score (nSPS) is 22.6. The molecule has 0 amide bonds. The van der Waals surface area contributed by atoms with E-state index in [1.54, 1.807) is 58.9 Å². The van der Waals surface area contributed by atoms with E-state index in [2.05, 4.69) is 0 Å². The number of benzene rings is 5. The van der Waals surface area contributed by atoms with Gasteiger partial charge in [0, 0.05) is 24.9 Å². The van der Waals surface area contributed by atoms with Gasteiger partial charge in [-0.15, -0.1) is 0 Å². The number of fused-ring (bicyclic) bond motifs is 2. The molecule has 2 aliphatic heterocycles. The lowest BCUT2D eigenvalue weighted by molar-refractivity contribution is -0.132. The van der Waals surface area contributed by atoms with Gasteiger partial charge in [-0.25, -0.2) is 16.8 Å². The number of sulfonamides is 2. The first-order chi connectivity index (χ1) is 22.6. The summed E-state index contributed by atoms with van der Waals surface area (Å²) in [5.74, 6) is -0.986. The fourth-order valence-electron chi connectivity index (χ4n) is 7.26. The maximum atomic E-state index is 14.9. The van der Waals surface area contributed by atoms with Crippen LogP contribution in [0.25, 0.3) is 10.8 Å². The van der Waals surface area contributed by atoms with E-state index in [1.807, 2.05) is 80.6 Å². The summed E-state index contributed by atoms with van der Waals surface area (Å²) in [6.07, 6.45) is 0.0621. The van der Waals surface area contributed by atoms with Gasteiger partial charge in [0.2, 0.25) is 20.0 Å². The Hall–Kier alpha value is -4.15. The third kappa shape index (κ3) is 5.61. The molecule has 0 bridgehead atoms. The molecule has 0 aromatic heterocycles. The third-order valence-electron chi connectivity index (χ3n) is 9.69. The van der Waals surface area contributed by atoms with Gasteiger partial charge in [0.25, 0.3) is 0 Å². The molecule has 2 fully saturated rings. The molecule has 7 rings (SSSR count). The molecule has 4 atom stereocenters. The highest BCUT2D eigenvalue weighted by Gasteiger charge is 2.54. The zero-order chi connectivity index (χ0) is 32.9. The number of hydrogen-bond donors (Lipinski definition) is 0. The summed E-state index contributed by atoms with van der Waals surface area (Å²) in [4.78, 5) is 14.5. The highest BCUT2D eigenvalue weighted by Crippen LogP contribution is 2.49. The minimum Gasteiger partial charge on any atom is -0.299 e. The second kappa shape index (κ2) is 12.1. The van der Waals surface area contributed by atoms with Gasteiger partial charge in [0.05, 0.1) is 21.9 Å². The van der Waals surface area contributed by atoms with Gasteiger partial charge in [0.15, 0.2) is 0 Å². The lowest BCUT2D eigenvalue weighted by Crippen LogP contribution is -2.60. The van der Waals surface area contributed by atoms with Crippen LogP contribution < -0.4 is 0 Å². The highest BCUT2D eigenvalue weighted by molar-refractivity contribution is 7.89. The first kappa shape index (κ1) is 31.4. The fraction of sp³-hybridized carbons (Fsp3) is 0.237. The lowest BCUT2D eigenvalue weighted by Gasteiger charge is -2.51. The van der Waals surface area contributed by atoms with Gasteiger partial charge >= 0.3 is 0 Å². The van der Waals surface area contributed by atoms with Gasteiger partial charge in [-0.05, 0) is 66.4 Å². The van der Waals surface area contributed by atoms with Crippen molar-refractivity contribution in [1.29, 1.82) is 0 Å². The lowest BCUT2D eigenvalue weighted by atomic mass is 9.77. The molecule has 2 aliphatic rings. The number of aryl methyl sites for hydroxylation is 2. The topological polar surface area (TPSA) is 91.8 Å². The van der Waals surface area contributed by atoms with Crippen molar-refractivity contribution in [2.75, 3.05) is 6.54 Å². The van der Waals surface area contributed by atoms with Crippen molar-refractivity contribution in [3.8, 4) is 0 Å². The van der Waals surface area contributed by atoms with Crippen LogP contribution in [0.4, 0.5) is 0 Å². The molecule has 0 saturated carbocycles. The number of Topliss-reactive ketones (excluding diaryl/α,β-unsaturated/α-hetero) is 1. The molecule has 9 heteroatoms. The molecule has 5 aromatic rings. The minimum absolute atomic E-state index is 0.0608. The maximum absolute atomic E-state index is 14.9. The van der Waals surface area contributed by atoms with Crippen LogP contribution in [0, 0.1) is 19.8 Å². The van der Waals surface area contributed by atoms with E-state index in [0.717, 1.165) is 33.0 Å². The van der Waals surface area contributed by atoms with E-state index in [0.29, 0.717) is 0 Å². The van der Waals surface area contributed by atoms with Crippen molar-refractivity contribution >= 4 is 36.6 Å². The fourth-order valence-corrected chi connectivity index (χ4v) is 10.8. The van der Waals surface area contributed by atoms with Crippen LogP contribution in [0.3, 0.4) is 0 Å². The Labute approximate surface area is 276 Å². The van der Waals surface area contributed by atoms with E-state index in [-0.39, 0.29) is 35.0 Å². The van der Waals surface area contributed by atoms with Crippen LogP contribution in [0.15, 0.2) is 131 Å². The average Bonchev–Trinajstić information content (AvgIpc) is 3.08. The Balaban J connectivity index is 1.41. The summed E-state index contributed by atoms with van der Waals surface area (Å²) in [7, 11) is -8.18. The number of ketones is 1. The summed E-state index contributed by atoms with van der Waals surface area (Å²) < 4.78 is 61.2. The molecule has 2 saturated heterocycles. The van der Waals surface area contributed by atoms with Crippen LogP contribution in [0.1, 0.15) is 47.2 Å². The number of carbonyl (C=O) groups excluding carboxylic acids is 1. The zero-order valence-corrected chi connectivity index (χ0v) is 27.9. The van der Waals surface area contributed by atoms with E-state index in [9.17, 15) is 21.6 Å². The summed E-state index contributed by atoms with van der Waals surface area (Å²) in [5.41, 5.74) is 3.46. The molecule has 0 radical (unpaired) electrons. The standard InChI is InChI=1S/C38H36N2O5S2/c1-26-15-19-29(20-16-26)35-23-36-34(25-39(35)46(42,43)30-11-4-3-5-12-30)38(41)24-37(33-14-8-10-28-9-6-7-13-32(28)33)40(36)47(44,45)31-21-17-27(2)18-22-31/h3-22,34-37H,23-25H2,1-2H3/t34-,35+,36+,37+/m1/s1. The number of piperidine rings is 2. The first-order valence-electron chi connectivity index (χ1n) is 15.8. The predicted molar refractivity (Wildman–Crippen MR) is 183 cm³/mol. The molecule has 0 unspecified atom stereocenters. The van der Waals surface area contributed by atoms with Crippen molar-refractivity contribution in [1.82, 2.24) is 8.61 Å². The zero-order valence-electron chi connectivity index (χ0n) is 26.2. The van der Waals surface area contributed by atoms with Crippen molar-refractivity contribution < 1.29 is 21.6 Å². The quantitative estimate of drug-likeness (QED) is 0.195. The molecular formula is C38H36N2O5S2. The molecule has 240 valence electrons. The van der Waals surface area contributed by atoms with Gasteiger partial charge in [-0.3, -0.25) is 4.79 Å². The average molecular weight is 665 g/mol. The number of carbonyl (C=O) groups is 1. The van der Waals surface area contributed by atoms with Crippen molar-refractivity contribution in [2.45, 2.75) is 54.6 Å². The number of nitrogens with zero attached hydrogens (tertiary/aromatic N) is 2. The van der Waals surface area contributed by atoms with E-state index in [4.69, 9.17) is 0 Å². The van der Waals surface area contributed by atoms with Gasteiger partial charge in [-0.1, -0.05) is 108 Å². The summed E-state index contributed by atoms with van der Waals surface area (Å²) in [5, 5.41) is 1.84. The second-order valence-electron chi connectivity index (χ2n) is 12.6. The molecule has 2 heterocycles. The van der Waals surface area contributed by atoms with E-state index in [1.165, 1.54) is 4.31 Å². The maximum Gasteiger partial charge on any atom is 0.243 e. The summed E-state index contributed by atoms with van der Waals surface area (Å²) >= 11 is 0.